The van der Waals surface area contributed by atoms with Crippen molar-refractivity contribution < 1.29 is 29.3 Å². The molecular weight excluding hydrogens is 384 g/mol. The molecule has 30 heavy (non-hydrogen) atoms. The van der Waals surface area contributed by atoms with Crippen molar-refractivity contribution >= 4 is 0 Å². The van der Waals surface area contributed by atoms with E-state index in [1.54, 1.807) is 0 Å². The van der Waals surface area contributed by atoms with Crippen LogP contribution in [0, 0.1) is 0 Å². The molecule has 0 amide bonds. The van der Waals surface area contributed by atoms with Gasteiger partial charge in [0.2, 0.25) is 11.5 Å². The van der Waals surface area contributed by atoms with Crippen LogP contribution in [0.1, 0.15) is 110 Å². The molecule has 0 spiro atoms. The van der Waals surface area contributed by atoms with Gasteiger partial charge in [0, 0.05) is 5.56 Å². The second-order valence-corrected chi connectivity index (χ2v) is 8.12. The molecule has 0 atom stereocenters. The fourth-order valence-corrected chi connectivity index (χ4v) is 2.86. The molecule has 0 heterocycles. The van der Waals surface area contributed by atoms with Gasteiger partial charge in [0.25, 0.3) is 5.75 Å². The van der Waals surface area contributed by atoms with E-state index in [-0.39, 0.29) is 11.8 Å². The molecule has 0 bridgehead atoms. The van der Waals surface area contributed by atoms with Gasteiger partial charge in [-0.15, -0.1) is 0 Å². The average Bonchev–Trinajstić information content (AvgIpc) is 2.71. The molecule has 1 aromatic rings. The predicted molar refractivity (Wildman–Crippen MR) is 119 cm³/mol. The van der Waals surface area contributed by atoms with Gasteiger partial charge in [-0.2, -0.15) is 14.7 Å². The van der Waals surface area contributed by atoms with E-state index in [9.17, 15) is 0 Å². The first-order chi connectivity index (χ1) is 14.5. The molecule has 6 heteroatoms. The number of unbranched alkanes of at least 4 members (excludes halogenated alkanes) is 3. The lowest BCUT2D eigenvalue weighted by molar-refractivity contribution is -0.240. The summed E-state index contributed by atoms with van der Waals surface area (Å²) in [6.07, 6.45) is 5.78. The molecule has 0 saturated carbocycles. The third-order valence-electron chi connectivity index (χ3n) is 4.65. The van der Waals surface area contributed by atoms with Crippen molar-refractivity contribution in [2.45, 2.75) is 98.8 Å². The molecule has 0 N–H and O–H groups in total. The summed E-state index contributed by atoms with van der Waals surface area (Å²) in [6.45, 7) is 16.3. The van der Waals surface area contributed by atoms with Gasteiger partial charge >= 0.3 is 0 Å². The summed E-state index contributed by atoms with van der Waals surface area (Å²) in [7, 11) is 0. The highest BCUT2D eigenvalue weighted by molar-refractivity contribution is 5.60. The van der Waals surface area contributed by atoms with Crippen molar-refractivity contribution in [2.24, 2.45) is 0 Å². The van der Waals surface area contributed by atoms with Crippen LogP contribution < -0.4 is 14.7 Å². The molecule has 0 aliphatic rings. The molecule has 1 rings (SSSR count). The number of benzene rings is 1. The highest BCUT2D eigenvalue weighted by Crippen LogP contribution is 2.47. The molecule has 0 unspecified atom stereocenters. The Bertz CT molecular complexity index is 586. The maximum Gasteiger partial charge on any atom is 0.257 e. The molecule has 0 aliphatic heterocycles. The minimum atomic E-state index is 0.195. The van der Waals surface area contributed by atoms with Gasteiger partial charge in [0.1, 0.15) is 0 Å². The molecule has 0 radical (unpaired) electrons. The zero-order valence-electron chi connectivity index (χ0n) is 20.0. The van der Waals surface area contributed by atoms with E-state index >= 15 is 0 Å². The van der Waals surface area contributed by atoms with Gasteiger partial charge in [0.05, 0.1) is 19.8 Å². The first kappa shape index (κ1) is 26.5. The van der Waals surface area contributed by atoms with Crippen molar-refractivity contribution in [3.8, 4) is 17.2 Å². The molecule has 1 aromatic carbocycles. The lowest BCUT2D eigenvalue weighted by Crippen LogP contribution is -2.11. The predicted octanol–water partition coefficient (Wildman–Crippen LogP) is 7.26. The lowest BCUT2D eigenvalue weighted by atomic mass is 9.89. The van der Waals surface area contributed by atoms with Gasteiger partial charge < -0.3 is 14.7 Å². The fraction of sp³-hybridized carbons (Fsp3) is 0.750. The smallest absolute Gasteiger partial charge is 0.257 e. The Kier molecular flexibility index (Phi) is 13.6. The van der Waals surface area contributed by atoms with Crippen molar-refractivity contribution in [2.75, 3.05) is 19.8 Å². The molecule has 0 fully saturated rings. The molecule has 0 aliphatic carbocycles. The minimum absolute atomic E-state index is 0.195. The van der Waals surface area contributed by atoms with Crippen LogP contribution in [0.2, 0.25) is 0 Å². The normalized spacial score (nSPS) is 11.4. The van der Waals surface area contributed by atoms with Crippen LogP contribution in [0.25, 0.3) is 0 Å². The first-order valence-electron chi connectivity index (χ1n) is 11.6. The van der Waals surface area contributed by atoms with Crippen molar-refractivity contribution in [3.05, 3.63) is 17.2 Å². The Hall–Kier alpha value is -1.50. The fourth-order valence-electron chi connectivity index (χ4n) is 2.86. The Morgan fingerprint density at radius 3 is 1.53 bits per heavy atom. The van der Waals surface area contributed by atoms with Gasteiger partial charge in [0.15, 0.2) is 0 Å². The van der Waals surface area contributed by atoms with Gasteiger partial charge in [-0.25, -0.2) is 0 Å². The Morgan fingerprint density at radius 2 is 1.10 bits per heavy atom. The topological polar surface area (TPSA) is 55.4 Å². The van der Waals surface area contributed by atoms with Crippen LogP contribution in [0.15, 0.2) is 6.07 Å². The second-order valence-electron chi connectivity index (χ2n) is 8.12. The number of rotatable bonds is 17. The number of hydrogen-bond donors (Lipinski definition) is 0. The van der Waals surface area contributed by atoms with Crippen LogP contribution in [0.3, 0.4) is 0 Å². The minimum Gasteiger partial charge on any atom is -0.333 e. The van der Waals surface area contributed by atoms with E-state index in [2.05, 4.69) is 48.5 Å². The van der Waals surface area contributed by atoms with Crippen molar-refractivity contribution in [1.82, 2.24) is 0 Å². The maximum atomic E-state index is 5.81. The zero-order valence-corrected chi connectivity index (χ0v) is 20.0. The second kappa shape index (κ2) is 15.3. The summed E-state index contributed by atoms with van der Waals surface area (Å²) in [4.78, 5) is 33.6. The summed E-state index contributed by atoms with van der Waals surface area (Å²) >= 11 is 0. The molecule has 0 aromatic heterocycles. The van der Waals surface area contributed by atoms with E-state index in [0.29, 0.717) is 37.1 Å². The summed E-state index contributed by atoms with van der Waals surface area (Å²) in [5, 5.41) is 0. The van der Waals surface area contributed by atoms with E-state index in [4.69, 9.17) is 29.3 Å². The highest BCUT2D eigenvalue weighted by atomic mass is 17.2. The molecular formula is C24H42O6. The molecule has 6 nitrogen and oxygen atoms in total. The van der Waals surface area contributed by atoms with Crippen LogP contribution in [-0.4, -0.2) is 19.8 Å². The highest BCUT2D eigenvalue weighted by Gasteiger charge is 2.28. The monoisotopic (exact) mass is 426 g/mol. The lowest BCUT2D eigenvalue weighted by Gasteiger charge is -2.23. The average molecular weight is 427 g/mol. The van der Waals surface area contributed by atoms with E-state index < -0.39 is 0 Å². The SMILES string of the molecule is CCCCOOc1cc(C(C)C)c(C(C)C)c(OOCCCC)c1OOCCCC. The van der Waals surface area contributed by atoms with Crippen LogP contribution in [0.4, 0.5) is 0 Å². The van der Waals surface area contributed by atoms with Gasteiger partial charge in [-0.3, -0.25) is 0 Å². The summed E-state index contributed by atoms with van der Waals surface area (Å²) in [5.41, 5.74) is 2.13. The van der Waals surface area contributed by atoms with Gasteiger partial charge in [-0.05, 0) is 42.7 Å². The first-order valence-corrected chi connectivity index (χ1v) is 11.6. The summed E-state index contributed by atoms with van der Waals surface area (Å²) in [6, 6.07) is 1.96. The van der Waals surface area contributed by atoms with Gasteiger partial charge in [-0.1, -0.05) is 67.7 Å². The Balaban J connectivity index is 3.33. The quantitative estimate of drug-likeness (QED) is 0.148. The third kappa shape index (κ3) is 8.70. The number of hydrogen-bond acceptors (Lipinski definition) is 6. The largest absolute Gasteiger partial charge is 0.333 e. The van der Waals surface area contributed by atoms with Crippen molar-refractivity contribution in [3.63, 3.8) is 0 Å². The Morgan fingerprint density at radius 1 is 0.633 bits per heavy atom. The van der Waals surface area contributed by atoms with E-state index in [1.807, 2.05) is 6.07 Å². The summed E-state index contributed by atoms with van der Waals surface area (Å²) in [5.74, 6) is 1.74. The van der Waals surface area contributed by atoms with Crippen molar-refractivity contribution in [1.29, 1.82) is 0 Å². The molecule has 174 valence electrons. The van der Waals surface area contributed by atoms with E-state index in [1.165, 1.54) is 0 Å². The van der Waals surface area contributed by atoms with E-state index in [0.717, 1.165) is 49.7 Å². The standard InChI is InChI=1S/C24H42O6/c1-8-11-14-25-28-21-17-20(18(4)5)22(19(6)7)24(30-27-16-13-10-3)23(21)29-26-15-12-9-2/h17-19H,8-16H2,1-7H3. The summed E-state index contributed by atoms with van der Waals surface area (Å²) < 4.78 is 0. The van der Waals surface area contributed by atoms with Crippen LogP contribution in [0.5, 0.6) is 17.2 Å². The molecule has 0 saturated heterocycles. The zero-order chi connectivity index (χ0) is 22.4. The van der Waals surface area contributed by atoms with Crippen LogP contribution >= 0.6 is 0 Å². The maximum absolute atomic E-state index is 5.81. The Labute approximate surface area is 182 Å². The van der Waals surface area contributed by atoms with Crippen LogP contribution in [-0.2, 0) is 14.7 Å². The third-order valence-corrected chi connectivity index (χ3v) is 4.65.